The van der Waals surface area contributed by atoms with Gasteiger partial charge >= 0.3 is 6.61 Å². The lowest BCUT2D eigenvalue weighted by molar-refractivity contribution is -0.0512. The van der Waals surface area contributed by atoms with Crippen LogP contribution in [0.3, 0.4) is 0 Å². The van der Waals surface area contributed by atoms with Crippen molar-refractivity contribution in [1.29, 1.82) is 0 Å². The molecule has 1 aromatic carbocycles. The van der Waals surface area contributed by atoms with Gasteiger partial charge in [0.2, 0.25) is 6.39 Å². The Balaban J connectivity index is 1.90. The van der Waals surface area contributed by atoms with E-state index in [-0.39, 0.29) is 17.4 Å². The normalized spacial score (nSPS) is 20.3. The fourth-order valence-corrected chi connectivity index (χ4v) is 2.16. The van der Waals surface area contributed by atoms with E-state index < -0.39 is 12.2 Å². The lowest BCUT2D eigenvalue weighted by Crippen LogP contribution is -2.23. The number of nitrogens with one attached hydrogen (secondary N) is 1. The summed E-state index contributed by atoms with van der Waals surface area (Å²) in [7, 11) is 1.37. The second-order valence-electron chi connectivity index (χ2n) is 4.86. The molecule has 9 heteroatoms. The molecule has 2 heterocycles. The first kappa shape index (κ1) is 15.2. The number of ether oxygens (including phenoxy) is 2. The largest absolute Gasteiger partial charge is 0.493 e. The zero-order chi connectivity index (χ0) is 16.4. The van der Waals surface area contributed by atoms with Crippen LogP contribution in [0.25, 0.3) is 5.70 Å². The molecule has 1 atom stereocenters. The van der Waals surface area contributed by atoms with Gasteiger partial charge in [-0.25, -0.2) is 0 Å². The molecule has 2 aromatic rings. The summed E-state index contributed by atoms with van der Waals surface area (Å²) < 4.78 is 39.3. The average molecular weight is 325 g/mol. The molecule has 0 fully saturated rings. The van der Waals surface area contributed by atoms with Crippen molar-refractivity contribution in [3.63, 3.8) is 0 Å². The minimum absolute atomic E-state index is 0.0505. The van der Waals surface area contributed by atoms with Crippen molar-refractivity contribution < 1.29 is 27.5 Å². The molecule has 3 rings (SSSR count). The first-order chi connectivity index (χ1) is 11.0. The predicted octanol–water partition coefficient (Wildman–Crippen LogP) is 2.47. The van der Waals surface area contributed by atoms with Gasteiger partial charge in [-0.2, -0.15) is 8.78 Å². The van der Waals surface area contributed by atoms with Crippen LogP contribution in [-0.2, 0) is 10.4 Å². The minimum atomic E-state index is -2.93. The molecule has 23 heavy (non-hydrogen) atoms. The van der Waals surface area contributed by atoms with E-state index in [2.05, 4.69) is 20.4 Å². The highest BCUT2D eigenvalue weighted by Crippen LogP contribution is 2.36. The van der Waals surface area contributed by atoms with Crippen LogP contribution in [0.4, 0.5) is 8.78 Å². The van der Waals surface area contributed by atoms with Gasteiger partial charge in [-0.3, -0.25) is 10.3 Å². The van der Waals surface area contributed by atoms with Crippen molar-refractivity contribution in [3.8, 4) is 11.5 Å². The molecule has 1 aliphatic rings. The van der Waals surface area contributed by atoms with Crippen LogP contribution in [0.2, 0.25) is 0 Å². The third kappa shape index (κ3) is 2.95. The minimum Gasteiger partial charge on any atom is -0.493 e. The summed E-state index contributed by atoms with van der Waals surface area (Å²) in [5, 5.41) is 7.44. The Bertz CT molecular complexity index is 721. The SMILES string of the molecule is COc1cc(C2=CC(C)(c3nnco3)ON2)ccc1OC(F)F. The maximum absolute atomic E-state index is 12.4. The highest BCUT2D eigenvalue weighted by Gasteiger charge is 2.37. The van der Waals surface area contributed by atoms with Crippen LogP contribution in [0.15, 0.2) is 35.1 Å². The fraction of sp³-hybridized carbons (Fsp3) is 0.286. The molecule has 1 N–H and O–H groups in total. The molecule has 1 aromatic heterocycles. The Morgan fingerprint density at radius 1 is 1.30 bits per heavy atom. The molecule has 0 saturated heterocycles. The van der Waals surface area contributed by atoms with Crippen LogP contribution >= 0.6 is 0 Å². The Kier molecular flexibility index (Phi) is 3.87. The van der Waals surface area contributed by atoms with Crippen LogP contribution in [-0.4, -0.2) is 23.9 Å². The summed E-state index contributed by atoms with van der Waals surface area (Å²) in [5.41, 5.74) is 3.08. The van der Waals surface area contributed by atoms with Crippen molar-refractivity contribution in [1.82, 2.24) is 15.7 Å². The van der Waals surface area contributed by atoms with E-state index in [1.165, 1.54) is 19.6 Å². The average Bonchev–Trinajstić information content (AvgIpc) is 3.17. The predicted molar refractivity (Wildman–Crippen MR) is 73.5 cm³/mol. The van der Waals surface area contributed by atoms with E-state index in [0.717, 1.165) is 0 Å². The van der Waals surface area contributed by atoms with Gasteiger partial charge in [0, 0.05) is 5.56 Å². The van der Waals surface area contributed by atoms with Gasteiger partial charge < -0.3 is 13.9 Å². The Labute approximate surface area is 129 Å². The number of methoxy groups -OCH3 is 1. The number of halogens is 2. The number of hydrogen-bond acceptors (Lipinski definition) is 7. The number of alkyl halides is 2. The van der Waals surface area contributed by atoms with Gasteiger partial charge in [0.15, 0.2) is 17.1 Å². The third-order valence-electron chi connectivity index (χ3n) is 3.27. The summed E-state index contributed by atoms with van der Waals surface area (Å²) >= 11 is 0. The van der Waals surface area contributed by atoms with Crippen LogP contribution in [0, 0.1) is 0 Å². The van der Waals surface area contributed by atoms with Gasteiger partial charge in [-0.1, -0.05) is 0 Å². The highest BCUT2D eigenvalue weighted by atomic mass is 19.3. The van der Waals surface area contributed by atoms with E-state index in [1.54, 1.807) is 25.1 Å². The van der Waals surface area contributed by atoms with Crippen molar-refractivity contribution in [2.75, 3.05) is 7.11 Å². The van der Waals surface area contributed by atoms with E-state index in [1.807, 2.05) is 0 Å². The second kappa shape index (κ2) is 5.84. The molecular formula is C14H13F2N3O4. The molecular weight excluding hydrogens is 312 g/mol. The number of nitrogens with zero attached hydrogens (tertiary/aromatic N) is 2. The molecule has 1 aliphatic heterocycles. The number of rotatable bonds is 5. The Hall–Kier alpha value is -2.68. The summed E-state index contributed by atoms with van der Waals surface area (Å²) in [6, 6.07) is 4.55. The summed E-state index contributed by atoms with van der Waals surface area (Å²) in [6.45, 7) is -1.19. The van der Waals surface area contributed by atoms with Crippen LogP contribution in [0.5, 0.6) is 11.5 Å². The van der Waals surface area contributed by atoms with Gasteiger partial charge in [-0.15, -0.1) is 10.2 Å². The summed E-state index contributed by atoms with van der Waals surface area (Å²) in [4.78, 5) is 5.49. The lowest BCUT2D eigenvalue weighted by Gasteiger charge is -2.14. The van der Waals surface area contributed by atoms with E-state index in [9.17, 15) is 8.78 Å². The second-order valence-corrected chi connectivity index (χ2v) is 4.86. The van der Waals surface area contributed by atoms with Crippen molar-refractivity contribution >= 4 is 5.70 Å². The summed E-state index contributed by atoms with van der Waals surface area (Å²) in [6.07, 6.45) is 2.94. The zero-order valence-electron chi connectivity index (χ0n) is 12.2. The molecule has 1 unspecified atom stereocenters. The number of aromatic nitrogens is 2. The van der Waals surface area contributed by atoms with Gasteiger partial charge in [-0.05, 0) is 31.2 Å². The van der Waals surface area contributed by atoms with E-state index >= 15 is 0 Å². The van der Waals surface area contributed by atoms with E-state index in [4.69, 9.17) is 14.0 Å². The first-order valence-electron chi connectivity index (χ1n) is 6.58. The molecule has 0 saturated carbocycles. The molecule has 0 aliphatic carbocycles. The number of benzene rings is 1. The molecule has 0 spiro atoms. The third-order valence-corrected chi connectivity index (χ3v) is 3.27. The fourth-order valence-electron chi connectivity index (χ4n) is 2.16. The van der Waals surface area contributed by atoms with Gasteiger partial charge in [0.05, 0.1) is 12.8 Å². The maximum atomic E-state index is 12.4. The Morgan fingerprint density at radius 3 is 2.78 bits per heavy atom. The molecule has 0 radical (unpaired) electrons. The zero-order valence-corrected chi connectivity index (χ0v) is 12.2. The van der Waals surface area contributed by atoms with Crippen LogP contribution in [0.1, 0.15) is 18.4 Å². The van der Waals surface area contributed by atoms with Gasteiger partial charge in [0.1, 0.15) is 0 Å². The van der Waals surface area contributed by atoms with Crippen molar-refractivity contribution in [3.05, 3.63) is 42.1 Å². The highest BCUT2D eigenvalue weighted by molar-refractivity contribution is 5.68. The molecule has 7 nitrogen and oxygen atoms in total. The summed E-state index contributed by atoms with van der Waals surface area (Å²) in [5.74, 6) is 0.409. The lowest BCUT2D eigenvalue weighted by atomic mass is 10.0. The topological polar surface area (TPSA) is 78.6 Å². The van der Waals surface area contributed by atoms with Gasteiger partial charge in [0.25, 0.3) is 5.89 Å². The van der Waals surface area contributed by atoms with Crippen LogP contribution < -0.4 is 15.0 Å². The first-order valence-corrected chi connectivity index (χ1v) is 6.58. The maximum Gasteiger partial charge on any atom is 0.387 e. The smallest absolute Gasteiger partial charge is 0.387 e. The molecule has 0 amide bonds. The monoisotopic (exact) mass is 325 g/mol. The number of hydroxylamine groups is 1. The number of hydrogen-bond donors (Lipinski definition) is 1. The van der Waals surface area contributed by atoms with Crippen molar-refractivity contribution in [2.24, 2.45) is 0 Å². The standard InChI is InChI=1S/C14H13F2N3O4/c1-14(12-18-17-7-21-12)6-9(19-23-14)8-3-4-10(22-13(15)16)11(5-8)20-2/h3-7,13,19H,1-2H3. The van der Waals surface area contributed by atoms with Crippen molar-refractivity contribution in [2.45, 2.75) is 19.1 Å². The molecule has 0 bridgehead atoms. The Morgan fingerprint density at radius 2 is 2.13 bits per heavy atom. The molecule has 122 valence electrons. The quantitative estimate of drug-likeness (QED) is 0.904. The van der Waals surface area contributed by atoms with E-state index in [0.29, 0.717) is 11.3 Å².